The van der Waals surface area contributed by atoms with E-state index in [4.69, 9.17) is 11.6 Å². The molecule has 0 amide bonds. The summed E-state index contributed by atoms with van der Waals surface area (Å²) in [7, 11) is -3.41. The number of nitrogens with one attached hydrogen (secondary N) is 1. The van der Waals surface area contributed by atoms with E-state index < -0.39 is 16.4 Å². The molecule has 38 heavy (non-hydrogen) atoms. The molecule has 2 fully saturated rings. The summed E-state index contributed by atoms with van der Waals surface area (Å²) in [6.45, 7) is 7.15. The second-order valence-electron chi connectivity index (χ2n) is 9.85. The highest BCUT2D eigenvalue weighted by molar-refractivity contribution is 7.92. The van der Waals surface area contributed by atoms with Crippen molar-refractivity contribution in [1.29, 1.82) is 0 Å². The van der Waals surface area contributed by atoms with Crippen molar-refractivity contribution in [3.63, 3.8) is 0 Å². The highest BCUT2D eigenvalue weighted by atomic mass is 35.5. The molecular weight excluding hydrogens is 543 g/mol. The molecule has 4 rings (SSSR count). The molecule has 1 N–H and O–H groups in total. The largest absolute Gasteiger partial charge is 0.573 e. The van der Waals surface area contributed by atoms with E-state index in [2.05, 4.69) is 36.1 Å². The normalized spacial score (nSPS) is 20.5. The number of hydrogen-bond donors (Lipinski definition) is 1. The van der Waals surface area contributed by atoms with Crippen molar-refractivity contribution in [1.82, 2.24) is 14.8 Å². The van der Waals surface area contributed by atoms with Crippen LogP contribution in [0.1, 0.15) is 31.7 Å². The summed E-state index contributed by atoms with van der Waals surface area (Å²) < 4.78 is 66.5. The molecule has 1 aromatic carbocycles. The van der Waals surface area contributed by atoms with E-state index in [0.717, 1.165) is 63.8 Å². The van der Waals surface area contributed by atoms with Gasteiger partial charge in [-0.25, -0.2) is 13.4 Å². The fourth-order valence-corrected chi connectivity index (χ4v) is 6.13. The summed E-state index contributed by atoms with van der Waals surface area (Å²) in [5, 5.41) is 0.410. The zero-order chi connectivity index (χ0) is 27.5. The fourth-order valence-electron chi connectivity index (χ4n) is 5.30. The first-order valence-electron chi connectivity index (χ1n) is 12.6. The number of rotatable bonds is 8. The van der Waals surface area contributed by atoms with Crippen LogP contribution in [-0.4, -0.2) is 80.6 Å². The average Bonchev–Trinajstić information content (AvgIpc) is 2.84. The minimum Gasteiger partial charge on any atom is -0.406 e. The summed E-state index contributed by atoms with van der Waals surface area (Å²) in [5.41, 5.74) is 1.30. The molecule has 2 aromatic rings. The van der Waals surface area contributed by atoms with Crippen LogP contribution in [0.25, 0.3) is 0 Å². The number of alkyl halides is 3. The molecule has 0 radical (unpaired) electrons. The number of ether oxygens (including phenoxy) is 1. The predicted molar refractivity (Wildman–Crippen MR) is 142 cm³/mol. The first kappa shape index (κ1) is 28.7. The van der Waals surface area contributed by atoms with E-state index >= 15 is 0 Å². The number of nitrogens with zero attached hydrogens (tertiary/aromatic N) is 4. The van der Waals surface area contributed by atoms with Gasteiger partial charge in [0, 0.05) is 38.3 Å². The van der Waals surface area contributed by atoms with E-state index in [1.54, 1.807) is 18.2 Å². The zero-order valence-corrected chi connectivity index (χ0v) is 23.0. The van der Waals surface area contributed by atoms with Crippen molar-refractivity contribution in [2.75, 3.05) is 48.6 Å². The van der Waals surface area contributed by atoms with Gasteiger partial charge in [-0.15, -0.1) is 13.2 Å². The highest BCUT2D eigenvalue weighted by Crippen LogP contribution is 2.31. The maximum atomic E-state index is 12.4. The van der Waals surface area contributed by atoms with Crippen molar-refractivity contribution < 1.29 is 26.3 Å². The third-order valence-corrected chi connectivity index (χ3v) is 7.90. The maximum Gasteiger partial charge on any atom is 0.573 e. The van der Waals surface area contributed by atoms with E-state index in [1.807, 2.05) is 0 Å². The van der Waals surface area contributed by atoms with Gasteiger partial charge in [0.2, 0.25) is 10.0 Å². The molecule has 0 saturated carbocycles. The van der Waals surface area contributed by atoms with Crippen LogP contribution in [0.3, 0.4) is 0 Å². The van der Waals surface area contributed by atoms with Gasteiger partial charge in [-0.1, -0.05) is 30.7 Å². The number of benzene rings is 1. The average molecular weight is 576 g/mol. The lowest BCUT2D eigenvalue weighted by Gasteiger charge is -2.47. The van der Waals surface area contributed by atoms with Crippen LogP contribution in [0, 0.1) is 0 Å². The van der Waals surface area contributed by atoms with Crippen LogP contribution in [-0.2, 0) is 16.6 Å². The number of hydrogen-bond acceptors (Lipinski definition) is 7. The monoisotopic (exact) mass is 575 g/mol. The number of pyridine rings is 1. The number of piperazine rings is 1. The zero-order valence-electron chi connectivity index (χ0n) is 21.4. The van der Waals surface area contributed by atoms with Crippen molar-refractivity contribution in [3.8, 4) is 5.75 Å². The highest BCUT2D eigenvalue weighted by Gasteiger charge is 2.34. The van der Waals surface area contributed by atoms with Gasteiger partial charge in [-0.3, -0.25) is 14.5 Å². The molecule has 1 atom stereocenters. The van der Waals surface area contributed by atoms with Crippen molar-refractivity contribution in [3.05, 3.63) is 47.1 Å². The van der Waals surface area contributed by atoms with Gasteiger partial charge in [0.05, 0.1) is 23.2 Å². The second-order valence-corrected chi connectivity index (χ2v) is 12.0. The lowest BCUT2D eigenvalue weighted by atomic mass is 9.98. The Labute approximate surface area is 226 Å². The first-order valence-corrected chi connectivity index (χ1v) is 14.9. The molecule has 0 aliphatic carbocycles. The SMILES string of the molecule is CC[C@H]1CN(c2ncc(NS(C)(=O)=O)cc2Cl)CCN1C1CCN(Cc2ccc(OC(F)(F)F)cc2)CC1. The van der Waals surface area contributed by atoms with Crippen LogP contribution in [0.15, 0.2) is 36.5 Å². The number of likely N-dealkylation sites (tertiary alicyclic amines) is 1. The van der Waals surface area contributed by atoms with Gasteiger partial charge in [0.25, 0.3) is 0 Å². The Morgan fingerprint density at radius 3 is 2.39 bits per heavy atom. The summed E-state index contributed by atoms with van der Waals surface area (Å²) in [6, 6.07) is 8.48. The van der Waals surface area contributed by atoms with Gasteiger partial charge in [0.1, 0.15) is 11.6 Å². The molecular formula is C25H33ClF3N5O3S. The topological polar surface area (TPSA) is 78.0 Å². The molecule has 2 aliphatic heterocycles. The minimum absolute atomic E-state index is 0.206. The third kappa shape index (κ3) is 7.87. The Bertz CT molecular complexity index is 1190. The quantitative estimate of drug-likeness (QED) is 0.494. The van der Waals surface area contributed by atoms with Crippen LogP contribution >= 0.6 is 11.6 Å². The van der Waals surface area contributed by atoms with Crippen molar-refractivity contribution in [2.24, 2.45) is 0 Å². The molecule has 3 heterocycles. The maximum absolute atomic E-state index is 12.4. The Hall–Kier alpha value is -2.28. The predicted octanol–water partition coefficient (Wildman–Crippen LogP) is 4.57. The van der Waals surface area contributed by atoms with Crippen molar-refractivity contribution >= 4 is 33.1 Å². The number of piperidine rings is 1. The summed E-state index contributed by atoms with van der Waals surface area (Å²) in [5.74, 6) is 0.452. The molecule has 1 aromatic heterocycles. The second kappa shape index (κ2) is 11.8. The van der Waals surface area contributed by atoms with E-state index in [9.17, 15) is 21.6 Å². The molecule has 0 bridgehead atoms. The number of anilines is 2. The van der Waals surface area contributed by atoms with E-state index in [-0.39, 0.29) is 5.75 Å². The first-order chi connectivity index (χ1) is 17.9. The van der Waals surface area contributed by atoms with E-state index in [1.165, 1.54) is 18.3 Å². The lowest BCUT2D eigenvalue weighted by Crippen LogP contribution is -2.58. The van der Waals surface area contributed by atoms with Gasteiger partial charge in [0.15, 0.2) is 0 Å². The van der Waals surface area contributed by atoms with Crippen LogP contribution < -0.4 is 14.4 Å². The van der Waals surface area contributed by atoms with Crippen LogP contribution in [0.5, 0.6) is 5.75 Å². The number of sulfonamides is 1. The molecule has 210 valence electrons. The Balaban J connectivity index is 1.30. The molecule has 2 aliphatic rings. The van der Waals surface area contributed by atoms with Gasteiger partial charge < -0.3 is 9.64 Å². The summed E-state index contributed by atoms with van der Waals surface area (Å²) in [6.07, 6.45) is 0.915. The molecule has 13 heteroatoms. The molecule has 0 unspecified atom stereocenters. The fraction of sp³-hybridized carbons (Fsp3) is 0.560. The number of aromatic nitrogens is 1. The Kier molecular flexibility index (Phi) is 8.96. The van der Waals surface area contributed by atoms with E-state index in [0.29, 0.717) is 35.2 Å². The van der Waals surface area contributed by atoms with Crippen LogP contribution in [0.4, 0.5) is 24.7 Å². The van der Waals surface area contributed by atoms with Gasteiger partial charge in [-0.05, 0) is 56.1 Å². The summed E-state index contributed by atoms with van der Waals surface area (Å²) in [4.78, 5) is 11.5. The lowest BCUT2D eigenvalue weighted by molar-refractivity contribution is -0.274. The minimum atomic E-state index is -4.68. The standard InChI is InChI=1S/C25H33ClF3N5O3S/c1-3-20-17-33(24-23(26)14-19(15-30-24)31-38(2,35)36)12-13-34(20)21-8-10-32(11-9-21)16-18-4-6-22(7-5-18)37-25(27,28)29/h4-7,14-15,20-21,31H,3,8-13,16-17H2,1-2H3/t20-/m0/s1. The summed E-state index contributed by atoms with van der Waals surface area (Å²) >= 11 is 6.47. The van der Waals surface area contributed by atoms with Crippen molar-refractivity contribution in [2.45, 2.75) is 51.2 Å². The van der Waals surface area contributed by atoms with Gasteiger partial charge >= 0.3 is 6.36 Å². The molecule has 2 saturated heterocycles. The molecule has 8 nitrogen and oxygen atoms in total. The van der Waals surface area contributed by atoms with Gasteiger partial charge in [-0.2, -0.15) is 0 Å². The molecule has 0 spiro atoms. The Morgan fingerprint density at radius 2 is 1.82 bits per heavy atom. The Morgan fingerprint density at radius 1 is 1.13 bits per heavy atom. The smallest absolute Gasteiger partial charge is 0.406 e. The third-order valence-electron chi connectivity index (χ3n) is 7.01. The van der Waals surface area contributed by atoms with Crippen LogP contribution in [0.2, 0.25) is 5.02 Å². The number of halogens is 4.